The molecule has 2 unspecified atom stereocenters. The number of amides is 1. The van der Waals surface area contributed by atoms with E-state index in [9.17, 15) is 9.59 Å². The molecule has 0 aromatic rings. The molecule has 0 bridgehead atoms. The van der Waals surface area contributed by atoms with Crippen LogP contribution in [0.15, 0.2) is 0 Å². The smallest absolute Gasteiger partial charge is 0.329 e. The highest BCUT2D eigenvalue weighted by Crippen LogP contribution is 2.39. The summed E-state index contributed by atoms with van der Waals surface area (Å²) in [6.45, 7) is 0.541. The van der Waals surface area contributed by atoms with Crippen LogP contribution in [0.4, 0.5) is 0 Å². The van der Waals surface area contributed by atoms with Gasteiger partial charge in [-0.3, -0.25) is 4.79 Å². The highest BCUT2D eigenvalue weighted by Gasteiger charge is 2.57. The molecule has 2 saturated heterocycles. The summed E-state index contributed by atoms with van der Waals surface area (Å²) >= 11 is 0. The van der Waals surface area contributed by atoms with Gasteiger partial charge in [0.25, 0.3) is 0 Å². The van der Waals surface area contributed by atoms with E-state index in [4.69, 9.17) is 10.8 Å². The first-order chi connectivity index (χ1) is 6.08. The average Bonchev–Trinajstić information content (AvgIpc) is 2.55. The fourth-order valence-electron chi connectivity index (χ4n) is 2.37. The Hall–Kier alpha value is -1.10. The van der Waals surface area contributed by atoms with Crippen molar-refractivity contribution in [2.45, 2.75) is 30.8 Å². The Bertz CT molecular complexity index is 279. The zero-order chi connectivity index (χ0) is 9.64. The average molecular weight is 184 g/mol. The van der Waals surface area contributed by atoms with Crippen LogP contribution in [0.1, 0.15) is 19.3 Å². The molecular weight excluding hydrogens is 172 g/mol. The van der Waals surface area contributed by atoms with Crippen LogP contribution in [0.2, 0.25) is 0 Å². The Morgan fingerprint density at radius 1 is 1.69 bits per heavy atom. The van der Waals surface area contributed by atoms with Gasteiger partial charge in [-0.1, -0.05) is 0 Å². The van der Waals surface area contributed by atoms with E-state index in [0.29, 0.717) is 13.0 Å². The van der Waals surface area contributed by atoms with Crippen LogP contribution in [-0.2, 0) is 9.59 Å². The van der Waals surface area contributed by atoms with Gasteiger partial charge in [0.15, 0.2) is 0 Å². The number of carbonyl (C=O) groups is 2. The van der Waals surface area contributed by atoms with Crippen LogP contribution in [-0.4, -0.2) is 40.0 Å². The van der Waals surface area contributed by atoms with E-state index in [1.54, 1.807) is 0 Å². The standard InChI is InChI=1S/C8H12N2O3/c9-5-4-8(7(12)13)2-1-3-10(8)6(5)11/h5H,1-4,9H2,(H,12,13). The van der Waals surface area contributed by atoms with E-state index in [-0.39, 0.29) is 12.3 Å². The topological polar surface area (TPSA) is 83.6 Å². The largest absolute Gasteiger partial charge is 0.479 e. The lowest BCUT2D eigenvalue weighted by atomic mass is 9.93. The number of carboxylic acids is 1. The summed E-state index contributed by atoms with van der Waals surface area (Å²) in [6.07, 6.45) is 1.58. The van der Waals surface area contributed by atoms with Crippen LogP contribution < -0.4 is 5.73 Å². The summed E-state index contributed by atoms with van der Waals surface area (Å²) in [4.78, 5) is 23.9. The molecule has 72 valence electrons. The number of nitrogens with two attached hydrogens (primary N) is 1. The van der Waals surface area contributed by atoms with Crippen molar-refractivity contribution in [1.82, 2.24) is 4.90 Å². The van der Waals surface area contributed by atoms with E-state index in [1.165, 1.54) is 4.90 Å². The van der Waals surface area contributed by atoms with Gasteiger partial charge in [-0.25, -0.2) is 4.79 Å². The van der Waals surface area contributed by atoms with Crippen LogP contribution in [0.25, 0.3) is 0 Å². The molecule has 2 atom stereocenters. The fourth-order valence-corrected chi connectivity index (χ4v) is 2.37. The molecule has 0 aromatic heterocycles. The highest BCUT2D eigenvalue weighted by atomic mass is 16.4. The van der Waals surface area contributed by atoms with Gasteiger partial charge >= 0.3 is 5.97 Å². The number of aliphatic carboxylic acids is 1. The van der Waals surface area contributed by atoms with Gasteiger partial charge in [-0.2, -0.15) is 0 Å². The molecule has 2 aliphatic rings. The van der Waals surface area contributed by atoms with E-state index in [2.05, 4.69) is 0 Å². The van der Waals surface area contributed by atoms with Gasteiger partial charge < -0.3 is 15.7 Å². The molecule has 2 heterocycles. The van der Waals surface area contributed by atoms with E-state index in [1.807, 2.05) is 0 Å². The first-order valence-corrected chi connectivity index (χ1v) is 4.38. The number of carbonyl (C=O) groups excluding carboxylic acids is 1. The van der Waals surface area contributed by atoms with Crippen molar-refractivity contribution in [1.29, 1.82) is 0 Å². The van der Waals surface area contributed by atoms with Gasteiger partial charge in [-0.15, -0.1) is 0 Å². The van der Waals surface area contributed by atoms with Crippen LogP contribution >= 0.6 is 0 Å². The number of nitrogens with zero attached hydrogens (tertiary/aromatic N) is 1. The Morgan fingerprint density at radius 2 is 2.38 bits per heavy atom. The van der Waals surface area contributed by atoms with Crippen molar-refractivity contribution in [2.24, 2.45) is 5.73 Å². The maximum atomic E-state index is 11.4. The number of hydrogen-bond donors (Lipinski definition) is 2. The van der Waals surface area contributed by atoms with Crippen molar-refractivity contribution in [3.8, 4) is 0 Å². The second kappa shape index (κ2) is 2.45. The monoisotopic (exact) mass is 184 g/mol. The minimum atomic E-state index is -0.976. The molecule has 2 aliphatic heterocycles. The number of hydrogen-bond acceptors (Lipinski definition) is 3. The molecule has 0 saturated carbocycles. The lowest BCUT2D eigenvalue weighted by Gasteiger charge is -2.26. The zero-order valence-corrected chi connectivity index (χ0v) is 7.19. The minimum absolute atomic E-state index is 0.208. The number of rotatable bonds is 1. The Balaban J connectivity index is 2.37. The molecule has 1 amide bonds. The third-order valence-electron chi connectivity index (χ3n) is 3.03. The first-order valence-electron chi connectivity index (χ1n) is 4.38. The first kappa shape index (κ1) is 8.50. The number of fused-ring (bicyclic) bond motifs is 1. The summed E-state index contributed by atoms with van der Waals surface area (Å²) in [5, 5.41) is 9.06. The Kier molecular flexibility index (Phi) is 1.60. The van der Waals surface area contributed by atoms with Crippen molar-refractivity contribution in [3.63, 3.8) is 0 Å². The molecule has 5 heteroatoms. The van der Waals surface area contributed by atoms with Crippen molar-refractivity contribution in [2.75, 3.05) is 6.54 Å². The second-order valence-electron chi connectivity index (χ2n) is 3.74. The van der Waals surface area contributed by atoms with Crippen LogP contribution in [0.5, 0.6) is 0 Å². The van der Waals surface area contributed by atoms with Crippen LogP contribution in [0.3, 0.4) is 0 Å². The van der Waals surface area contributed by atoms with Gasteiger partial charge in [0.05, 0.1) is 6.04 Å². The normalized spacial score (nSPS) is 38.1. The van der Waals surface area contributed by atoms with Crippen molar-refractivity contribution in [3.05, 3.63) is 0 Å². The Morgan fingerprint density at radius 3 is 2.92 bits per heavy atom. The van der Waals surface area contributed by atoms with E-state index >= 15 is 0 Å². The predicted molar refractivity (Wildman–Crippen MR) is 43.9 cm³/mol. The van der Waals surface area contributed by atoms with Crippen molar-refractivity contribution >= 4 is 11.9 Å². The summed E-state index contributed by atoms with van der Waals surface area (Å²) < 4.78 is 0. The third-order valence-corrected chi connectivity index (χ3v) is 3.03. The SMILES string of the molecule is NC1CC2(C(=O)O)CCCN2C1=O. The maximum absolute atomic E-state index is 11.4. The predicted octanol–water partition coefficient (Wildman–Crippen LogP) is -0.837. The summed E-state index contributed by atoms with van der Waals surface area (Å²) in [5.41, 5.74) is 4.56. The van der Waals surface area contributed by atoms with Crippen LogP contribution in [0, 0.1) is 0 Å². The summed E-state index contributed by atoms with van der Waals surface area (Å²) in [5.74, 6) is -1.12. The van der Waals surface area contributed by atoms with Gasteiger partial charge in [0.2, 0.25) is 5.91 Å². The van der Waals surface area contributed by atoms with Gasteiger partial charge in [-0.05, 0) is 12.8 Å². The summed E-state index contributed by atoms with van der Waals surface area (Å²) in [7, 11) is 0. The van der Waals surface area contributed by atoms with Gasteiger partial charge in [0, 0.05) is 13.0 Å². The molecular formula is C8H12N2O3. The lowest BCUT2D eigenvalue weighted by molar-refractivity contribution is -0.151. The van der Waals surface area contributed by atoms with Gasteiger partial charge in [0.1, 0.15) is 5.54 Å². The molecule has 13 heavy (non-hydrogen) atoms. The molecule has 0 spiro atoms. The second-order valence-corrected chi connectivity index (χ2v) is 3.74. The molecule has 0 aliphatic carbocycles. The fraction of sp³-hybridized carbons (Fsp3) is 0.750. The molecule has 5 nitrogen and oxygen atoms in total. The molecule has 0 radical (unpaired) electrons. The molecule has 2 fully saturated rings. The summed E-state index contributed by atoms with van der Waals surface area (Å²) in [6, 6.07) is -0.614. The molecule has 0 aromatic carbocycles. The Labute approximate surface area is 75.5 Å². The molecule has 2 rings (SSSR count). The highest BCUT2D eigenvalue weighted by molar-refractivity contribution is 5.94. The zero-order valence-electron chi connectivity index (χ0n) is 7.19. The lowest BCUT2D eigenvalue weighted by Crippen LogP contribution is -2.47. The molecule has 3 N–H and O–H groups in total. The maximum Gasteiger partial charge on any atom is 0.329 e. The van der Waals surface area contributed by atoms with E-state index < -0.39 is 17.6 Å². The van der Waals surface area contributed by atoms with Crippen molar-refractivity contribution < 1.29 is 14.7 Å². The number of carboxylic acid groups (broad SMARTS) is 1. The van der Waals surface area contributed by atoms with E-state index in [0.717, 1.165) is 6.42 Å². The quantitative estimate of drug-likeness (QED) is 0.556. The minimum Gasteiger partial charge on any atom is -0.479 e. The third kappa shape index (κ3) is 0.904.